The Balaban J connectivity index is 1.55. The zero-order valence-corrected chi connectivity index (χ0v) is 15.4. The van der Waals surface area contributed by atoms with Crippen molar-refractivity contribution in [2.45, 2.75) is 23.8 Å². The van der Waals surface area contributed by atoms with Gasteiger partial charge in [-0.2, -0.15) is 4.31 Å². The van der Waals surface area contributed by atoms with Crippen LogP contribution in [-0.2, 0) is 24.3 Å². The Hall–Kier alpha value is -1.74. The van der Waals surface area contributed by atoms with E-state index in [-0.39, 0.29) is 16.9 Å². The monoisotopic (exact) mass is 380 g/mol. The van der Waals surface area contributed by atoms with E-state index < -0.39 is 10.0 Å². The molecule has 0 aromatic heterocycles. The number of hydrogen-bond donors (Lipinski definition) is 1. The number of carbonyl (C=O) groups is 1. The molecular formula is C18H24N2O5S. The van der Waals surface area contributed by atoms with Crippen molar-refractivity contribution in [3.63, 3.8) is 0 Å². The van der Waals surface area contributed by atoms with Crippen molar-refractivity contribution in [3.8, 4) is 0 Å². The van der Waals surface area contributed by atoms with Crippen LogP contribution in [0.2, 0.25) is 0 Å². The van der Waals surface area contributed by atoms with Crippen LogP contribution in [0.5, 0.6) is 0 Å². The number of hydrogen-bond acceptors (Lipinski definition) is 5. The van der Waals surface area contributed by atoms with Crippen LogP contribution < -0.4 is 5.32 Å². The van der Waals surface area contributed by atoms with Crippen molar-refractivity contribution in [1.82, 2.24) is 9.62 Å². The predicted molar refractivity (Wildman–Crippen MR) is 97.0 cm³/mol. The van der Waals surface area contributed by atoms with Crippen molar-refractivity contribution in [2.75, 3.05) is 39.5 Å². The lowest BCUT2D eigenvalue weighted by molar-refractivity contribution is -0.116. The first kappa shape index (κ1) is 19.0. The van der Waals surface area contributed by atoms with Gasteiger partial charge in [-0.3, -0.25) is 4.79 Å². The summed E-state index contributed by atoms with van der Waals surface area (Å²) in [5.41, 5.74) is 0.762. The number of carbonyl (C=O) groups excluding carboxylic acids is 1. The smallest absolute Gasteiger partial charge is 0.244 e. The molecule has 1 aromatic rings. The molecule has 1 N–H and O–H groups in total. The van der Waals surface area contributed by atoms with Gasteiger partial charge >= 0.3 is 0 Å². The SMILES string of the molecule is O=C(/C=C/c1ccc(S(=O)(=O)N2CCOCC2)cc1)NC[C@@H]1CCCO1. The van der Waals surface area contributed by atoms with E-state index in [0.717, 1.165) is 25.0 Å². The minimum Gasteiger partial charge on any atom is -0.379 e. The Labute approximate surface area is 154 Å². The van der Waals surface area contributed by atoms with Crippen molar-refractivity contribution in [3.05, 3.63) is 35.9 Å². The van der Waals surface area contributed by atoms with Crippen molar-refractivity contribution in [2.24, 2.45) is 0 Å². The lowest BCUT2D eigenvalue weighted by atomic mass is 10.2. The van der Waals surface area contributed by atoms with E-state index in [1.165, 1.54) is 10.4 Å². The van der Waals surface area contributed by atoms with Gasteiger partial charge in [0.15, 0.2) is 0 Å². The number of amides is 1. The van der Waals surface area contributed by atoms with Crippen molar-refractivity contribution in [1.29, 1.82) is 0 Å². The third kappa shape index (κ3) is 4.91. The van der Waals surface area contributed by atoms with Gasteiger partial charge in [-0.05, 0) is 36.6 Å². The Bertz CT molecular complexity index is 733. The van der Waals surface area contributed by atoms with Gasteiger partial charge in [0, 0.05) is 32.3 Å². The quantitative estimate of drug-likeness (QED) is 0.745. The summed E-state index contributed by atoms with van der Waals surface area (Å²) in [6, 6.07) is 6.51. The fourth-order valence-corrected chi connectivity index (χ4v) is 4.35. The average Bonchev–Trinajstić information content (AvgIpc) is 3.19. The lowest BCUT2D eigenvalue weighted by Gasteiger charge is -2.26. The molecule has 1 aromatic carbocycles. The summed E-state index contributed by atoms with van der Waals surface area (Å²) < 4.78 is 37.2. The van der Waals surface area contributed by atoms with Gasteiger partial charge in [-0.15, -0.1) is 0 Å². The number of ether oxygens (including phenoxy) is 2. The van der Waals surface area contributed by atoms with Crippen LogP contribution >= 0.6 is 0 Å². The van der Waals surface area contributed by atoms with Crippen LogP contribution in [-0.4, -0.2) is 64.2 Å². The van der Waals surface area contributed by atoms with Crippen molar-refractivity contribution >= 4 is 22.0 Å². The van der Waals surface area contributed by atoms with E-state index in [4.69, 9.17) is 9.47 Å². The number of rotatable bonds is 6. The highest BCUT2D eigenvalue weighted by Gasteiger charge is 2.25. The Morgan fingerprint density at radius 1 is 1.19 bits per heavy atom. The number of sulfonamides is 1. The van der Waals surface area contributed by atoms with Crippen molar-refractivity contribution < 1.29 is 22.7 Å². The third-order valence-corrected chi connectivity index (χ3v) is 6.36. The highest BCUT2D eigenvalue weighted by molar-refractivity contribution is 7.89. The highest BCUT2D eigenvalue weighted by Crippen LogP contribution is 2.18. The predicted octanol–water partition coefficient (Wildman–Crippen LogP) is 1.02. The molecule has 0 aliphatic carbocycles. The molecule has 3 rings (SSSR count). The molecule has 0 radical (unpaired) electrons. The summed E-state index contributed by atoms with van der Waals surface area (Å²) >= 11 is 0. The molecule has 2 aliphatic heterocycles. The van der Waals surface area contributed by atoms with Gasteiger partial charge in [-0.1, -0.05) is 12.1 Å². The third-order valence-electron chi connectivity index (χ3n) is 4.44. The molecule has 0 unspecified atom stereocenters. The molecule has 1 amide bonds. The van der Waals surface area contributed by atoms with Gasteiger partial charge in [0.05, 0.1) is 24.2 Å². The lowest BCUT2D eigenvalue weighted by Crippen LogP contribution is -2.40. The van der Waals surface area contributed by atoms with Gasteiger partial charge in [0.1, 0.15) is 0 Å². The molecule has 2 saturated heterocycles. The summed E-state index contributed by atoms with van der Waals surface area (Å²) in [7, 11) is -3.49. The molecule has 2 fully saturated rings. The highest BCUT2D eigenvalue weighted by atomic mass is 32.2. The first-order valence-electron chi connectivity index (χ1n) is 8.81. The second kappa shape index (κ2) is 8.77. The normalized spacial score (nSPS) is 21.9. The molecule has 2 heterocycles. The van der Waals surface area contributed by atoms with Crippen LogP contribution in [0.4, 0.5) is 0 Å². The zero-order chi connectivity index (χ0) is 18.4. The zero-order valence-electron chi connectivity index (χ0n) is 14.6. The van der Waals surface area contributed by atoms with Gasteiger partial charge < -0.3 is 14.8 Å². The minimum absolute atomic E-state index is 0.108. The molecule has 2 aliphatic rings. The first-order chi connectivity index (χ1) is 12.6. The number of benzene rings is 1. The fourth-order valence-electron chi connectivity index (χ4n) is 2.94. The molecule has 142 valence electrons. The average molecular weight is 380 g/mol. The van der Waals surface area contributed by atoms with Crippen LogP contribution in [0.15, 0.2) is 35.2 Å². The van der Waals surface area contributed by atoms with Crippen LogP contribution in [0, 0.1) is 0 Å². The number of nitrogens with one attached hydrogen (secondary N) is 1. The molecular weight excluding hydrogens is 356 g/mol. The molecule has 1 atom stereocenters. The minimum atomic E-state index is -3.49. The first-order valence-corrected chi connectivity index (χ1v) is 10.3. The molecule has 8 heteroatoms. The Morgan fingerprint density at radius 2 is 1.92 bits per heavy atom. The summed E-state index contributed by atoms with van der Waals surface area (Å²) in [6.45, 7) is 2.85. The Morgan fingerprint density at radius 3 is 2.58 bits per heavy atom. The van der Waals surface area contributed by atoms with E-state index >= 15 is 0 Å². The second-order valence-electron chi connectivity index (χ2n) is 6.30. The summed E-state index contributed by atoms with van der Waals surface area (Å²) in [5, 5.41) is 2.81. The topological polar surface area (TPSA) is 84.9 Å². The summed E-state index contributed by atoms with van der Waals surface area (Å²) in [5.74, 6) is -0.189. The van der Waals surface area contributed by atoms with E-state index in [2.05, 4.69) is 5.32 Å². The van der Waals surface area contributed by atoms with E-state index in [1.54, 1.807) is 30.3 Å². The summed E-state index contributed by atoms with van der Waals surface area (Å²) in [6.07, 6.45) is 5.23. The van der Waals surface area contributed by atoms with E-state index in [0.29, 0.717) is 32.8 Å². The molecule has 0 bridgehead atoms. The molecule has 0 saturated carbocycles. The Kier molecular flexibility index (Phi) is 6.42. The summed E-state index contributed by atoms with van der Waals surface area (Å²) in [4.78, 5) is 12.1. The van der Waals surface area contributed by atoms with Gasteiger partial charge in [-0.25, -0.2) is 8.42 Å². The van der Waals surface area contributed by atoms with Crippen LogP contribution in [0.3, 0.4) is 0 Å². The second-order valence-corrected chi connectivity index (χ2v) is 8.24. The maximum absolute atomic E-state index is 12.6. The van der Waals surface area contributed by atoms with Crippen LogP contribution in [0.1, 0.15) is 18.4 Å². The maximum Gasteiger partial charge on any atom is 0.244 e. The molecule has 26 heavy (non-hydrogen) atoms. The maximum atomic E-state index is 12.6. The van der Waals surface area contributed by atoms with Crippen LogP contribution in [0.25, 0.3) is 6.08 Å². The van der Waals surface area contributed by atoms with E-state index in [9.17, 15) is 13.2 Å². The fraction of sp³-hybridized carbons (Fsp3) is 0.500. The molecule has 0 spiro atoms. The standard InChI is InChI=1S/C18H24N2O5S/c21-18(19-14-16-2-1-11-25-16)8-5-15-3-6-17(7-4-15)26(22,23)20-9-12-24-13-10-20/h3-8,16H,1-2,9-14H2,(H,19,21)/b8-5+/t16-/m0/s1. The number of nitrogens with zero attached hydrogens (tertiary/aromatic N) is 1. The number of morpholine rings is 1. The van der Waals surface area contributed by atoms with E-state index in [1.807, 2.05) is 0 Å². The molecule has 7 nitrogen and oxygen atoms in total. The van der Waals surface area contributed by atoms with Gasteiger partial charge in [0.25, 0.3) is 0 Å². The largest absolute Gasteiger partial charge is 0.379 e. The van der Waals surface area contributed by atoms with Gasteiger partial charge in [0.2, 0.25) is 15.9 Å².